The van der Waals surface area contributed by atoms with E-state index in [4.69, 9.17) is 5.11 Å². The molecule has 2 aliphatic carbocycles. The molecule has 0 heterocycles. The predicted octanol–water partition coefficient (Wildman–Crippen LogP) is 2.12. The lowest BCUT2D eigenvalue weighted by atomic mass is 10.0. The van der Waals surface area contributed by atoms with E-state index in [2.05, 4.69) is 0 Å². The molecule has 1 aromatic rings. The van der Waals surface area contributed by atoms with Crippen LogP contribution < -0.4 is 0 Å². The van der Waals surface area contributed by atoms with Gasteiger partial charge in [0, 0.05) is 0 Å². The van der Waals surface area contributed by atoms with Crippen LogP contribution in [0.5, 0.6) is 0 Å². The largest absolute Gasteiger partial charge is 0.478 e. The summed E-state index contributed by atoms with van der Waals surface area (Å²) in [4.78, 5) is 10.6. The topological polar surface area (TPSA) is 37.3 Å². The highest BCUT2D eigenvalue weighted by atomic mass is 16.4. The van der Waals surface area contributed by atoms with E-state index >= 15 is 0 Å². The first-order valence-electron chi connectivity index (χ1n) is 4.60. The lowest BCUT2D eigenvalue weighted by molar-refractivity contribution is 0.0697. The van der Waals surface area contributed by atoms with Crippen molar-refractivity contribution in [1.82, 2.24) is 0 Å². The Hall–Kier alpha value is -1.31. The molecule has 0 aromatic heterocycles. The van der Waals surface area contributed by atoms with E-state index in [9.17, 15) is 4.79 Å². The zero-order valence-electron chi connectivity index (χ0n) is 7.10. The second-order valence-electron chi connectivity index (χ2n) is 4.02. The highest BCUT2D eigenvalue weighted by Crippen LogP contribution is 2.73. The zero-order chi connectivity index (χ0) is 9.00. The molecular weight excluding hydrogens is 164 g/mol. The predicted molar refractivity (Wildman–Crippen MR) is 47.7 cm³/mol. The molecule has 0 spiro atoms. The number of carboxylic acid groups (broad SMARTS) is 1. The summed E-state index contributed by atoms with van der Waals surface area (Å²) >= 11 is 0. The molecule has 0 radical (unpaired) electrons. The van der Waals surface area contributed by atoms with Crippen LogP contribution >= 0.6 is 0 Å². The van der Waals surface area contributed by atoms with E-state index in [1.54, 1.807) is 12.1 Å². The third kappa shape index (κ3) is 0.981. The maximum Gasteiger partial charge on any atom is 0.335 e. The monoisotopic (exact) mass is 174 g/mol. The molecule has 2 fully saturated rings. The third-order valence-electron chi connectivity index (χ3n) is 3.22. The first kappa shape index (κ1) is 7.13. The highest BCUT2D eigenvalue weighted by molar-refractivity contribution is 5.87. The minimum Gasteiger partial charge on any atom is -0.478 e. The summed E-state index contributed by atoms with van der Waals surface area (Å²) in [6.07, 6.45) is 1.39. The second-order valence-corrected chi connectivity index (χ2v) is 4.02. The van der Waals surface area contributed by atoms with Crippen LogP contribution in [-0.4, -0.2) is 11.1 Å². The summed E-state index contributed by atoms with van der Waals surface area (Å²) in [6, 6.07) is 7.32. The van der Waals surface area contributed by atoms with Crippen molar-refractivity contribution in [3.8, 4) is 0 Å². The summed E-state index contributed by atoms with van der Waals surface area (Å²) in [5, 5.41) is 8.69. The lowest BCUT2D eigenvalue weighted by Crippen LogP contribution is -1.96. The van der Waals surface area contributed by atoms with Gasteiger partial charge in [-0.2, -0.15) is 0 Å². The summed E-state index contributed by atoms with van der Waals surface area (Å²) in [7, 11) is 0. The van der Waals surface area contributed by atoms with Gasteiger partial charge in [0.15, 0.2) is 0 Å². The molecule has 13 heavy (non-hydrogen) atoms. The average Bonchev–Trinajstić information content (AvgIpc) is 2.92. The molecule has 2 saturated carbocycles. The zero-order valence-corrected chi connectivity index (χ0v) is 7.10. The van der Waals surface area contributed by atoms with Crippen molar-refractivity contribution in [2.24, 2.45) is 11.8 Å². The minimum atomic E-state index is -0.840. The highest BCUT2D eigenvalue weighted by Gasteiger charge is 2.64. The Bertz CT molecular complexity index is 358. The second kappa shape index (κ2) is 2.13. The molecule has 2 atom stereocenters. The van der Waals surface area contributed by atoms with Crippen molar-refractivity contribution >= 4 is 5.97 Å². The van der Waals surface area contributed by atoms with Crippen LogP contribution in [0, 0.1) is 11.8 Å². The number of carboxylic acids is 1. The summed E-state index contributed by atoms with van der Waals surface area (Å²) < 4.78 is 0. The van der Waals surface area contributed by atoms with Crippen molar-refractivity contribution in [3.05, 3.63) is 35.4 Å². The molecule has 3 rings (SSSR count). The van der Waals surface area contributed by atoms with Gasteiger partial charge >= 0.3 is 5.97 Å². The van der Waals surface area contributed by atoms with Crippen LogP contribution in [0.1, 0.15) is 28.3 Å². The number of hydrogen-bond donors (Lipinski definition) is 1. The molecule has 0 amide bonds. The maximum absolute atomic E-state index is 10.6. The fourth-order valence-corrected chi connectivity index (χ4v) is 2.12. The summed E-state index contributed by atoms with van der Waals surface area (Å²) in [5.41, 5.74) is 1.71. The Morgan fingerprint density at radius 3 is 2.23 bits per heavy atom. The molecule has 0 bridgehead atoms. The van der Waals surface area contributed by atoms with Gasteiger partial charge in [0.1, 0.15) is 0 Å². The van der Waals surface area contributed by atoms with Crippen molar-refractivity contribution in [3.63, 3.8) is 0 Å². The molecule has 0 aliphatic heterocycles. The third-order valence-corrected chi connectivity index (χ3v) is 3.22. The Morgan fingerprint density at radius 2 is 1.85 bits per heavy atom. The van der Waals surface area contributed by atoms with Crippen molar-refractivity contribution in [2.75, 3.05) is 0 Å². The lowest BCUT2D eigenvalue weighted by Gasteiger charge is -2.03. The fourth-order valence-electron chi connectivity index (χ4n) is 2.12. The van der Waals surface area contributed by atoms with Gasteiger partial charge in [-0.3, -0.25) is 0 Å². The van der Waals surface area contributed by atoms with Crippen LogP contribution in [0.15, 0.2) is 24.3 Å². The average molecular weight is 174 g/mol. The summed E-state index contributed by atoms with van der Waals surface area (Å²) in [6.45, 7) is 0. The van der Waals surface area contributed by atoms with E-state index in [0.717, 1.165) is 17.8 Å². The minimum absolute atomic E-state index is 0.387. The van der Waals surface area contributed by atoms with Crippen LogP contribution in [0.25, 0.3) is 0 Å². The van der Waals surface area contributed by atoms with Gasteiger partial charge in [0.2, 0.25) is 0 Å². The molecule has 2 unspecified atom stereocenters. The van der Waals surface area contributed by atoms with Gasteiger partial charge < -0.3 is 5.11 Å². The Kier molecular flexibility index (Phi) is 1.17. The Morgan fingerprint density at radius 1 is 1.23 bits per heavy atom. The number of benzene rings is 1. The van der Waals surface area contributed by atoms with Crippen molar-refractivity contribution < 1.29 is 9.90 Å². The van der Waals surface area contributed by atoms with Gasteiger partial charge in [-0.1, -0.05) is 12.1 Å². The molecule has 1 aromatic carbocycles. The molecular formula is C11H10O2. The van der Waals surface area contributed by atoms with Crippen LogP contribution in [-0.2, 0) is 0 Å². The number of hydrogen-bond acceptors (Lipinski definition) is 1. The van der Waals surface area contributed by atoms with Gasteiger partial charge in [-0.05, 0) is 41.9 Å². The quantitative estimate of drug-likeness (QED) is 0.745. The number of carbonyl (C=O) groups is 1. The van der Waals surface area contributed by atoms with Gasteiger partial charge in [0.05, 0.1) is 5.56 Å². The van der Waals surface area contributed by atoms with E-state index in [1.807, 2.05) is 12.1 Å². The smallest absolute Gasteiger partial charge is 0.335 e. The van der Waals surface area contributed by atoms with Gasteiger partial charge in [0.25, 0.3) is 0 Å². The van der Waals surface area contributed by atoms with Gasteiger partial charge in [-0.15, -0.1) is 0 Å². The number of rotatable bonds is 2. The molecule has 0 saturated heterocycles. The first-order chi connectivity index (χ1) is 6.27. The molecule has 2 aliphatic rings. The van der Waals surface area contributed by atoms with Crippen LogP contribution in [0.4, 0.5) is 0 Å². The Balaban J connectivity index is 1.85. The summed E-state index contributed by atoms with van der Waals surface area (Å²) in [5.74, 6) is 1.81. The van der Waals surface area contributed by atoms with Crippen molar-refractivity contribution in [2.45, 2.75) is 12.3 Å². The molecule has 66 valence electrons. The van der Waals surface area contributed by atoms with E-state index in [0.29, 0.717) is 5.56 Å². The maximum atomic E-state index is 10.6. The SMILES string of the molecule is O=C(O)c1ccc(C2C3CC32)cc1. The fraction of sp³-hybridized carbons (Fsp3) is 0.364. The molecule has 2 nitrogen and oxygen atoms in total. The van der Waals surface area contributed by atoms with Crippen LogP contribution in [0.3, 0.4) is 0 Å². The van der Waals surface area contributed by atoms with E-state index < -0.39 is 5.97 Å². The van der Waals surface area contributed by atoms with E-state index in [1.165, 1.54) is 12.0 Å². The standard InChI is InChI=1S/C11H10O2/c12-11(13)7-3-1-6(2-4-7)10-8-5-9(8)10/h1-4,8-10H,5H2,(H,12,13). The van der Waals surface area contributed by atoms with Crippen LogP contribution in [0.2, 0.25) is 0 Å². The number of fused-ring (bicyclic) bond motifs is 1. The van der Waals surface area contributed by atoms with E-state index in [-0.39, 0.29) is 0 Å². The Labute approximate surface area is 76.2 Å². The molecule has 1 N–H and O–H groups in total. The number of aromatic carboxylic acids is 1. The normalized spacial score (nSPS) is 33.7. The van der Waals surface area contributed by atoms with Gasteiger partial charge in [-0.25, -0.2) is 4.79 Å². The first-order valence-corrected chi connectivity index (χ1v) is 4.60. The van der Waals surface area contributed by atoms with Crippen molar-refractivity contribution in [1.29, 1.82) is 0 Å². The molecule has 2 heteroatoms.